The van der Waals surface area contributed by atoms with Gasteiger partial charge in [-0.2, -0.15) is 0 Å². The van der Waals surface area contributed by atoms with E-state index < -0.39 is 12.1 Å². The molecule has 2 aliphatic heterocycles. The van der Waals surface area contributed by atoms with E-state index in [0.29, 0.717) is 52.1 Å². The Hall–Kier alpha value is -3.76. The number of unbranched alkanes of at least 4 members (excludes halogenated alkanes) is 4. The van der Waals surface area contributed by atoms with Gasteiger partial charge < -0.3 is 21.3 Å². The molecule has 6 amide bonds. The summed E-state index contributed by atoms with van der Waals surface area (Å²) in [6.07, 6.45) is 7.95. The summed E-state index contributed by atoms with van der Waals surface area (Å²) in [7, 11) is 0. The number of urea groups is 2. The highest BCUT2D eigenvalue weighted by Crippen LogP contribution is 2.28. The average molecular weight is 633 g/mol. The first-order valence-corrected chi connectivity index (χ1v) is 17.2. The van der Waals surface area contributed by atoms with Crippen LogP contribution in [-0.2, 0) is 22.7 Å². The maximum atomic E-state index is 13.3. The fraction of sp³-hybridized carbons (Fsp3) is 0.556. The lowest BCUT2D eigenvalue weighted by Gasteiger charge is -2.22. The van der Waals surface area contributed by atoms with Crippen molar-refractivity contribution in [3.63, 3.8) is 0 Å². The van der Waals surface area contributed by atoms with Crippen molar-refractivity contribution in [2.24, 2.45) is 11.5 Å². The first-order chi connectivity index (χ1) is 22.3. The summed E-state index contributed by atoms with van der Waals surface area (Å²) in [5.41, 5.74) is 15.3. The van der Waals surface area contributed by atoms with Gasteiger partial charge in [0.15, 0.2) is 0 Å². The van der Waals surface area contributed by atoms with Gasteiger partial charge in [-0.25, -0.2) is 9.59 Å². The summed E-state index contributed by atoms with van der Waals surface area (Å²) in [6, 6.07) is 14.9. The Morgan fingerprint density at radius 1 is 0.543 bits per heavy atom. The summed E-state index contributed by atoms with van der Waals surface area (Å²) < 4.78 is 0. The third-order valence-electron chi connectivity index (χ3n) is 9.09. The number of amides is 6. The molecule has 0 unspecified atom stereocenters. The Morgan fingerprint density at radius 3 is 1.24 bits per heavy atom. The van der Waals surface area contributed by atoms with Crippen LogP contribution in [0.25, 0.3) is 11.1 Å². The molecule has 4 rings (SSSR count). The van der Waals surface area contributed by atoms with E-state index in [1.165, 1.54) is 9.80 Å². The molecule has 2 aromatic carbocycles. The number of hydrogen-bond donors (Lipinski definition) is 2. The highest BCUT2D eigenvalue weighted by Gasteiger charge is 2.45. The van der Waals surface area contributed by atoms with E-state index in [9.17, 15) is 19.2 Å². The van der Waals surface area contributed by atoms with Gasteiger partial charge in [0.1, 0.15) is 12.1 Å². The van der Waals surface area contributed by atoms with Crippen LogP contribution >= 0.6 is 0 Å². The van der Waals surface area contributed by atoms with Gasteiger partial charge in [0.25, 0.3) is 11.8 Å². The molecule has 0 spiro atoms. The van der Waals surface area contributed by atoms with Crippen molar-refractivity contribution in [1.82, 2.24) is 19.6 Å². The molecule has 10 nitrogen and oxygen atoms in total. The van der Waals surface area contributed by atoms with E-state index in [2.05, 4.69) is 13.8 Å². The number of benzene rings is 2. The summed E-state index contributed by atoms with van der Waals surface area (Å²) >= 11 is 0. The monoisotopic (exact) mass is 632 g/mol. The van der Waals surface area contributed by atoms with E-state index >= 15 is 0 Å². The molecule has 46 heavy (non-hydrogen) atoms. The van der Waals surface area contributed by atoms with E-state index in [1.54, 1.807) is 9.80 Å². The first-order valence-electron chi connectivity index (χ1n) is 17.2. The SMILES string of the molecule is CCCCN1C(=O)[C@H](CCCCN)N(Cc2ccc(-c3ccc(CN4C(=O)N(CCCC)C(=O)[C@@H]4CCCCN)cc3)cc2)C1=O. The summed E-state index contributed by atoms with van der Waals surface area (Å²) in [5, 5.41) is 0. The third-order valence-corrected chi connectivity index (χ3v) is 9.09. The number of carbonyl (C=O) groups excluding carboxylic acids is 4. The zero-order valence-electron chi connectivity index (χ0n) is 27.7. The fourth-order valence-electron chi connectivity index (χ4n) is 6.31. The molecule has 0 aromatic heterocycles. The normalized spacial score (nSPS) is 18.5. The van der Waals surface area contributed by atoms with Crippen LogP contribution in [0.4, 0.5) is 9.59 Å². The van der Waals surface area contributed by atoms with Gasteiger partial charge in [-0.05, 0) is 86.7 Å². The molecular formula is C36H52N6O4. The molecule has 2 aromatic rings. The van der Waals surface area contributed by atoms with Crippen LogP contribution in [0, 0.1) is 0 Å². The molecule has 2 aliphatic rings. The highest BCUT2D eigenvalue weighted by atomic mass is 16.2. The van der Waals surface area contributed by atoms with Gasteiger partial charge in [0.2, 0.25) is 0 Å². The average Bonchev–Trinajstić information content (AvgIpc) is 3.42. The molecule has 0 aliphatic carbocycles. The Bertz CT molecular complexity index is 1210. The minimum absolute atomic E-state index is 0.0947. The lowest BCUT2D eigenvalue weighted by molar-refractivity contribution is -0.129. The van der Waals surface area contributed by atoms with Gasteiger partial charge in [0.05, 0.1) is 0 Å². The second kappa shape index (κ2) is 17.2. The minimum atomic E-state index is -0.445. The molecule has 10 heteroatoms. The predicted octanol–water partition coefficient (Wildman–Crippen LogP) is 5.48. The molecule has 0 radical (unpaired) electrons. The summed E-state index contributed by atoms with van der Waals surface area (Å²) in [5.74, 6) is -0.189. The van der Waals surface area contributed by atoms with Crippen LogP contribution in [0.5, 0.6) is 0 Å². The van der Waals surface area contributed by atoms with Crippen LogP contribution in [0.2, 0.25) is 0 Å². The van der Waals surface area contributed by atoms with Crippen LogP contribution in [-0.4, -0.2) is 81.7 Å². The standard InChI is InChI=1S/C36H52N6O4/c1-3-5-23-39-33(43)31(11-7-9-21-37)41(35(39)45)25-27-13-17-29(18-14-27)30-19-15-28(16-20-30)26-42-32(12-8-10-22-38)34(44)40(36(42)46)24-6-4-2/h13-20,31-32H,3-12,21-26,37-38H2,1-2H3/t31-,32-/m0/s1. The Balaban J connectivity index is 1.43. The van der Waals surface area contributed by atoms with Gasteiger partial charge in [-0.15, -0.1) is 0 Å². The molecule has 2 saturated heterocycles. The van der Waals surface area contributed by atoms with Crippen molar-refractivity contribution in [2.45, 2.75) is 103 Å². The lowest BCUT2D eigenvalue weighted by Crippen LogP contribution is -2.35. The predicted molar refractivity (Wildman–Crippen MR) is 180 cm³/mol. The van der Waals surface area contributed by atoms with E-state index in [0.717, 1.165) is 73.6 Å². The quantitative estimate of drug-likeness (QED) is 0.156. The number of nitrogens with zero attached hydrogens (tertiary/aromatic N) is 4. The number of hydrogen-bond acceptors (Lipinski definition) is 6. The molecule has 2 fully saturated rings. The van der Waals surface area contributed by atoms with Gasteiger partial charge >= 0.3 is 12.1 Å². The molecule has 4 N–H and O–H groups in total. The minimum Gasteiger partial charge on any atom is -0.330 e. The number of carbonyl (C=O) groups is 4. The maximum absolute atomic E-state index is 13.3. The Morgan fingerprint density at radius 2 is 0.913 bits per heavy atom. The van der Waals surface area contributed by atoms with Crippen molar-refractivity contribution >= 4 is 23.9 Å². The lowest BCUT2D eigenvalue weighted by atomic mass is 10.0. The second-order valence-electron chi connectivity index (χ2n) is 12.5. The van der Waals surface area contributed by atoms with E-state index in [-0.39, 0.29) is 23.9 Å². The highest BCUT2D eigenvalue weighted by molar-refractivity contribution is 6.04. The maximum Gasteiger partial charge on any atom is 0.327 e. The van der Waals surface area contributed by atoms with Crippen molar-refractivity contribution in [2.75, 3.05) is 26.2 Å². The molecular weight excluding hydrogens is 580 g/mol. The molecule has 0 bridgehead atoms. The van der Waals surface area contributed by atoms with Crippen LogP contribution in [0.1, 0.15) is 89.2 Å². The largest absolute Gasteiger partial charge is 0.330 e. The second-order valence-corrected chi connectivity index (χ2v) is 12.5. The van der Waals surface area contributed by atoms with Crippen molar-refractivity contribution in [3.05, 3.63) is 59.7 Å². The zero-order valence-corrected chi connectivity index (χ0v) is 27.7. The van der Waals surface area contributed by atoms with E-state index in [1.807, 2.05) is 48.5 Å². The summed E-state index contributed by atoms with van der Waals surface area (Å²) in [4.78, 5) is 59.1. The molecule has 0 saturated carbocycles. The Labute approximate surface area is 274 Å². The van der Waals surface area contributed by atoms with Crippen LogP contribution < -0.4 is 11.5 Å². The van der Waals surface area contributed by atoms with Crippen molar-refractivity contribution in [3.8, 4) is 11.1 Å². The van der Waals surface area contributed by atoms with Gasteiger partial charge in [-0.3, -0.25) is 19.4 Å². The van der Waals surface area contributed by atoms with Crippen LogP contribution in [0.3, 0.4) is 0 Å². The molecule has 250 valence electrons. The Kier molecular flexibility index (Phi) is 13.2. The van der Waals surface area contributed by atoms with Crippen molar-refractivity contribution in [1.29, 1.82) is 0 Å². The summed E-state index contributed by atoms with van der Waals surface area (Å²) in [6.45, 7) is 6.92. The number of rotatable bonds is 19. The van der Waals surface area contributed by atoms with Gasteiger partial charge in [0, 0.05) is 26.2 Å². The van der Waals surface area contributed by atoms with E-state index in [4.69, 9.17) is 11.5 Å². The fourth-order valence-corrected chi connectivity index (χ4v) is 6.31. The third kappa shape index (κ3) is 8.33. The zero-order chi connectivity index (χ0) is 33.1. The first kappa shape index (κ1) is 35.1. The molecule has 2 heterocycles. The topological polar surface area (TPSA) is 133 Å². The smallest absolute Gasteiger partial charge is 0.327 e. The van der Waals surface area contributed by atoms with Crippen LogP contribution in [0.15, 0.2) is 48.5 Å². The van der Waals surface area contributed by atoms with Gasteiger partial charge in [-0.1, -0.05) is 75.2 Å². The number of imide groups is 2. The number of nitrogens with two attached hydrogens (primary N) is 2. The molecule has 2 atom stereocenters. The van der Waals surface area contributed by atoms with Crippen molar-refractivity contribution < 1.29 is 19.2 Å².